The molecule has 4 rings (SSSR count). The molecule has 2 unspecified atom stereocenters. The van der Waals surface area contributed by atoms with Crippen LogP contribution in [0.15, 0.2) is 36.4 Å². The van der Waals surface area contributed by atoms with Crippen molar-refractivity contribution >= 4 is 22.6 Å². The Hall–Kier alpha value is -2.43. The highest BCUT2D eigenvalue weighted by Crippen LogP contribution is 2.40. The molecule has 29 heavy (non-hydrogen) atoms. The number of rotatable bonds is 2. The number of hydrogen-bond acceptors (Lipinski definition) is 3. The Bertz CT molecular complexity index is 935. The summed E-state index contributed by atoms with van der Waals surface area (Å²) in [5, 5.41) is 1.14. The maximum Gasteiger partial charge on any atom is 0.410 e. The second-order valence-corrected chi connectivity index (χ2v) is 9.30. The maximum absolute atomic E-state index is 14.2. The van der Waals surface area contributed by atoms with Crippen molar-refractivity contribution in [2.75, 3.05) is 0 Å². The first-order chi connectivity index (χ1) is 13.7. The molecule has 2 aliphatic heterocycles. The highest BCUT2D eigenvalue weighted by atomic mass is 19.1. The summed E-state index contributed by atoms with van der Waals surface area (Å²) in [7, 11) is 0. The summed E-state index contributed by atoms with van der Waals surface area (Å²) in [5.41, 5.74) is 0.0428. The molecule has 154 valence electrons. The Morgan fingerprint density at radius 3 is 2.24 bits per heavy atom. The largest absolute Gasteiger partial charge is 0.444 e. The van der Waals surface area contributed by atoms with E-state index in [2.05, 4.69) is 0 Å². The molecule has 2 saturated heterocycles. The van der Waals surface area contributed by atoms with Gasteiger partial charge in [0.25, 0.3) is 0 Å². The van der Waals surface area contributed by atoms with Gasteiger partial charge in [0, 0.05) is 29.0 Å². The van der Waals surface area contributed by atoms with Gasteiger partial charge in [0.05, 0.1) is 0 Å². The predicted octanol–water partition coefficient (Wildman–Crippen LogP) is 5.73. The van der Waals surface area contributed by atoms with Crippen LogP contribution in [-0.4, -0.2) is 34.5 Å². The minimum Gasteiger partial charge on any atom is -0.444 e. The monoisotopic (exact) mass is 397 g/mol. The van der Waals surface area contributed by atoms with E-state index in [1.807, 2.05) is 37.8 Å². The molecule has 0 spiro atoms. The smallest absolute Gasteiger partial charge is 0.410 e. The van der Waals surface area contributed by atoms with Crippen molar-refractivity contribution in [1.82, 2.24) is 4.90 Å². The van der Waals surface area contributed by atoms with E-state index < -0.39 is 5.60 Å². The van der Waals surface area contributed by atoms with Gasteiger partial charge in [-0.25, -0.2) is 9.18 Å². The number of Topliss-reactive ketones (excluding diaryl/α,β-unsaturated/α-hetero) is 1. The lowest BCUT2D eigenvalue weighted by molar-refractivity contribution is -0.0260. The molecule has 0 aromatic heterocycles. The van der Waals surface area contributed by atoms with Crippen LogP contribution in [0.1, 0.15) is 63.2 Å². The van der Waals surface area contributed by atoms with Crippen molar-refractivity contribution in [2.45, 2.75) is 70.6 Å². The molecule has 1 amide bonds. The fraction of sp³-hybridized carbons (Fsp3) is 0.500. The molecule has 5 heteroatoms. The van der Waals surface area contributed by atoms with Crippen molar-refractivity contribution in [3.05, 3.63) is 47.8 Å². The van der Waals surface area contributed by atoms with Crippen molar-refractivity contribution in [2.24, 2.45) is 5.92 Å². The minimum absolute atomic E-state index is 0.0259. The van der Waals surface area contributed by atoms with Crippen molar-refractivity contribution < 1.29 is 18.7 Å². The van der Waals surface area contributed by atoms with Gasteiger partial charge in [-0.2, -0.15) is 0 Å². The molecule has 2 aliphatic rings. The van der Waals surface area contributed by atoms with E-state index in [1.165, 1.54) is 6.07 Å². The van der Waals surface area contributed by atoms with Crippen LogP contribution in [-0.2, 0) is 4.74 Å². The van der Waals surface area contributed by atoms with Crippen LogP contribution in [0.5, 0.6) is 0 Å². The number of nitrogens with zero attached hydrogens (tertiary/aromatic N) is 1. The van der Waals surface area contributed by atoms with E-state index in [0.29, 0.717) is 29.2 Å². The molecule has 4 nitrogen and oxygen atoms in total. The summed E-state index contributed by atoms with van der Waals surface area (Å²) in [6.07, 6.45) is 3.86. The standard InChI is InChI=1S/C24H28FNO3/c1-24(2,3)29-23(28)26-16-7-6-8-17(26)14-15(13-16)22(27)20-11-12-21(25)19-10-5-4-9-18(19)20/h4-5,9-12,15-17H,6-8,13-14H2,1-3H3. The molecule has 2 aromatic rings. The van der Waals surface area contributed by atoms with Gasteiger partial charge >= 0.3 is 6.09 Å². The van der Waals surface area contributed by atoms with E-state index in [0.717, 1.165) is 19.3 Å². The molecule has 2 bridgehead atoms. The van der Waals surface area contributed by atoms with Crippen molar-refractivity contribution in [3.63, 3.8) is 0 Å². The third kappa shape index (κ3) is 3.87. The SMILES string of the molecule is CC(C)(C)OC(=O)N1C2CCCC1CC(C(=O)c1ccc(F)c3ccccc13)C2. The number of ether oxygens (including phenoxy) is 1. The number of piperidine rings is 2. The van der Waals surface area contributed by atoms with Crippen LogP contribution >= 0.6 is 0 Å². The molecule has 0 radical (unpaired) electrons. The zero-order valence-electron chi connectivity index (χ0n) is 17.3. The number of hydrogen-bond donors (Lipinski definition) is 0. The van der Waals surface area contributed by atoms with Gasteiger partial charge in [-0.15, -0.1) is 0 Å². The quantitative estimate of drug-likeness (QED) is 0.608. The van der Waals surface area contributed by atoms with Crippen LogP contribution in [0.25, 0.3) is 10.8 Å². The Morgan fingerprint density at radius 2 is 1.62 bits per heavy atom. The summed E-state index contributed by atoms with van der Waals surface area (Å²) in [4.78, 5) is 28.0. The van der Waals surface area contributed by atoms with Crippen molar-refractivity contribution in [1.29, 1.82) is 0 Å². The number of ketones is 1. The number of carbonyl (C=O) groups is 2. The second kappa shape index (κ2) is 7.43. The summed E-state index contributed by atoms with van der Waals surface area (Å²) < 4.78 is 19.8. The van der Waals surface area contributed by atoms with E-state index in [9.17, 15) is 14.0 Å². The topological polar surface area (TPSA) is 46.6 Å². The number of fused-ring (bicyclic) bond motifs is 3. The fourth-order valence-electron chi connectivity index (χ4n) is 4.91. The zero-order chi connectivity index (χ0) is 20.8. The second-order valence-electron chi connectivity index (χ2n) is 9.30. The molecular formula is C24H28FNO3. The molecule has 0 aliphatic carbocycles. The first kappa shape index (κ1) is 19.9. The number of halogens is 1. The molecule has 0 N–H and O–H groups in total. The average Bonchev–Trinajstić information content (AvgIpc) is 2.65. The van der Waals surface area contributed by atoms with E-state index in [1.54, 1.807) is 18.2 Å². The van der Waals surface area contributed by atoms with Gasteiger partial charge in [0.2, 0.25) is 0 Å². The van der Waals surface area contributed by atoms with Crippen LogP contribution in [0.3, 0.4) is 0 Å². The van der Waals surface area contributed by atoms with Crippen molar-refractivity contribution in [3.8, 4) is 0 Å². The van der Waals surface area contributed by atoms with E-state index in [-0.39, 0.29) is 35.7 Å². The average molecular weight is 397 g/mol. The molecule has 2 fully saturated rings. The summed E-state index contributed by atoms with van der Waals surface area (Å²) >= 11 is 0. The highest BCUT2D eigenvalue weighted by Gasteiger charge is 2.44. The van der Waals surface area contributed by atoms with E-state index >= 15 is 0 Å². The summed E-state index contributed by atoms with van der Waals surface area (Å²) in [6, 6.07) is 10.2. The third-order valence-electron chi connectivity index (χ3n) is 6.09. The van der Waals surface area contributed by atoms with Gasteiger partial charge in [-0.05, 0) is 70.4 Å². The maximum atomic E-state index is 14.2. The molecular weight excluding hydrogens is 369 g/mol. The normalized spacial score (nSPS) is 24.4. The van der Waals surface area contributed by atoms with Crippen LogP contribution in [0.4, 0.5) is 9.18 Å². The van der Waals surface area contributed by atoms with Crippen LogP contribution in [0, 0.1) is 11.7 Å². The Balaban J connectivity index is 1.59. The first-order valence-corrected chi connectivity index (χ1v) is 10.5. The third-order valence-corrected chi connectivity index (χ3v) is 6.09. The summed E-state index contributed by atoms with van der Waals surface area (Å²) in [5.74, 6) is -0.409. The predicted molar refractivity (Wildman–Crippen MR) is 110 cm³/mol. The molecule has 2 heterocycles. The van der Waals surface area contributed by atoms with Crippen LogP contribution < -0.4 is 0 Å². The van der Waals surface area contributed by atoms with E-state index in [4.69, 9.17) is 4.74 Å². The lowest BCUT2D eigenvalue weighted by Gasteiger charge is -2.48. The Kier molecular flexibility index (Phi) is 5.09. The van der Waals surface area contributed by atoms with Gasteiger partial charge in [-0.3, -0.25) is 4.79 Å². The molecule has 2 atom stereocenters. The highest BCUT2D eigenvalue weighted by molar-refractivity contribution is 6.09. The van der Waals surface area contributed by atoms with Gasteiger partial charge in [0.15, 0.2) is 5.78 Å². The number of amides is 1. The van der Waals surface area contributed by atoms with Gasteiger partial charge in [-0.1, -0.05) is 24.3 Å². The van der Waals surface area contributed by atoms with Gasteiger partial charge in [0.1, 0.15) is 11.4 Å². The lowest BCUT2D eigenvalue weighted by atomic mass is 9.75. The minimum atomic E-state index is -0.537. The lowest BCUT2D eigenvalue weighted by Crippen LogP contribution is -2.56. The number of carbonyl (C=O) groups excluding carboxylic acids is 2. The Morgan fingerprint density at radius 1 is 1.00 bits per heavy atom. The van der Waals surface area contributed by atoms with Gasteiger partial charge < -0.3 is 9.64 Å². The summed E-state index contributed by atoms with van der Waals surface area (Å²) in [6.45, 7) is 5.61. The Labute approximate surface area is 171 Å². The molecule has 0 saturated carbocycles. The first-order valence-electron chi connectivity index (χ1n) is 10.5. The van der Waals surface area contributed by atoms with Crippen LogP contribution in [0.2, 0.25) is 0 Å². The zero-order valence-corrected chi connectivity index (χ0v) is 17.3. The fourth-order valence-corrected chi connectivity index (χ4v) is 4.91. The molecule has 2 aromatic carbocycles. The number of benzene rings is 2.